The molecule has 3 rings (SSSR count). The van der Waals surface area contributed by atoms with Crippen LogP contribution in [0.4, 0.5) is 0 Å². The number of amides is 2. The standard InChI is InChI=1S/C19H27N5O3/c1-4-20-19(26)17-9-15(10-24(17)11-16-6-5-13(2)27-16)22-18(25)12-23-8-7-21-14(23)3/h5-8,15,17H,4,9-12H2,1-3H3,(H,20,26)(H,22,25)/t15-,17+/m1/s1. The molecule has 0 unspecified atom stereocenters. The van der Waals surface area contributed by atoms with Crippen LogP contribution in [0.3, 0.4) is 0 Å². The maximum absolute atomic E-state index is 12.5. The van der Waals surface area contributed by atoms with Crippen LogP contribution in [0.15, 0.2) is 28.9 Å². The van der Waals surface area contributed by atoms with Crippen molar-refractivity contribution in [1.29, 1.82) is 0 Å². The second-order valence-electron chi connectivity index (χ2n) is 6.95. The van der Waals surface area contributed by atoms with Crippen LogP contribution in [0, 0.1) is 13.8 Å². The van der Waals surface area contributed by atoms with Crippen molar-refractivity contribution >= 4 is 11.8 Å². The third kappa shape index (κ3) is 4.77. The molecule has 2 N–H and O–H groups in total. The normalized spacial score (nSPS) is 20.0. The lowest BCUT2D eigenvalue weighted by Crippen LogP contribution is -2.42. The third-order valence-corrected chi connectivity index (χ3v) is 4.81. The first-order chi connectivity index (χ1) is 13.0. The molecule has 3 heterocycles. The summed E-state index contributed by atoms with van der Waals surface area (Å²) in [7, 11) is 0. The highest BCUT2D eigenvalue weighted by Crippen LogP contribution is 2.22. The number of aromatic nitrogens is 2. The molecule has 2 atom stereocenters. The Morgan fingerprint density at radius 3 is 2.78 bits per heavy atom. The largest absolute Gasteiger partial charge is 0.465 e. The van der Waals surface area contributed by atoms with E-state index in [1.807, 2.05) is 32.9 Å². The van der Waals surface area contributed by atoms with Crippen molar-refractivity contribution < 1.29 is 14.0 Å². The van der Waals surface area contributed by atoms with Gasteiger partial charge in [0, 0.05) is 31.5 Å². The highest BCUT2D eigenvalue weighted by Gasteiger charge is 2.37. The average Bonchev–Trinajstić information content (AvgIpc) is 3.30. The predicted octanol–water partition coefficient (Wildman–Crippen LogP) is 0.988. The first-order valence-electron chi connectivity index (χ1n) is 9.30. The number of furan rings is 1. The molecule has 0 radical (unpaired) electrons. The summed E-state index contributed by atoms with van der Waals surface area (Å²) in [6.45, 7) is 7.63. The van der Waals surface area contributed by atoms with Crippen LogP contribution in [-0.2, 0) is 22.7 Å². The van der Waals surface area contributed by atoms with E-state index in [1.54, 1.807) is 17.0 Å². The minimum atomic E-state index is -0.282. The van der Waals surface area contributed by atoms with Gasteiger partial charge >= 0.3 is 0 Å². The van der Waals surface area contributed by atoms with Gasteiger partial charge in [-0.15, -0.1) is 0 Å². The number of rotatable bonds is 7. The maximum Gasteiger partial charge on any atom is 0.240 e. The molecule has 8 nitrogen and oxygen atoms in total. The number of likely N-dealkylation sites (tertiary alicyclic amines) is 1. The fourth-order valence-corrected chi connectivity index (χ4v) is 3.52. The first-order valence-corrected chi connectivity index (χ1v) is 9.30. The summed E-state index contributed by atoms with van der Waals surface area (Å²) in [6.07, 6.45) is 4.04. The Bertz CT molecular complexity index is 797. The van der Waals surface area contributed by atoms with E-state index < -0.39 is 0 Å². The molecule has 0 spiro atoms. The van der Waals surface area contributed by atoms with Crippen molar-refractivity contribution in [3.63, 3.8) is 0 Å². The predicted molar refractivity (Wildman–Crippen MR) is 99.8 cm³/mol. The van der Waals surface area contributed by atoms with Gasteiger partial charge in [0.15, 0.2) is 0 Å². The lowest BCUT2D eigenvalue weighted by Gasteiger charge is -2.22. The van der Waals surface area contributed by atoms with Crippen LogP contribution in [0.5, 0.6) is 0 Å². The lowest BCUT2D eigenvalue weighted by atomic mass is 10.1. The summed E-state index contributed by atoms with van der Waals surface area (Å²) in [5, 5.41) is 5.94. The summed E-state index contributed by atoms with van der Waals surface area (Å²) < 4.78 is 7.46. The average molecular weight is 373 g/mol. The molecule has 1 fully saturated rings. The molecule has 2 aromatic heterocycles. The second kappa shape index (κ2) is 8.39. The maximum atomic E-state index is 12.5. The number of hydrogen-bond acceptors (Lipinski definition) is 5. The molecule has 2 aromatic rings. The van der Waals surface area contributed by atoms with Gasteiger partial charge in [-0.2, -0.15) is 0 Å². The van der Waals surface area contributed by atoms with Gasteiger partial charge < -0.3 is 19.6 Å². The highest BCUT2D eigenvalue weighted by atomic mass is 16.3. The second-order valence-corrected chi connectivity index (χ2v) is 6.95. The van der Waals surface area contributed by atoms with Crippen LogP contribution < -0.4 is 10.6 Å². The number of likely N-dealkylation sites (N-methyl/N-ethyl adjacent to an activating group) is 1. The zero-order chi connectivity index (χ0) is 19.4. The fraction of sp³-hybridized carbons (Fsp3) is 0.526. The van der Waals surface area contributed by atoms with E-state index in [2.05, 4.69) is 20.5 Å². The zero-order valence-electron chi connectivity index (χ0n) is 16.1. The van der Waals surface area contributed by atoms with Gasteiger partial charge in [0.2, 0.25) is 11.8 Å². The van der Waals surface area contributed by atoms with Crippen LogP contribution in [0.2, 0.25) is 0 Å². The Hall–Kier alpha value is -2.61. The summed E-state index contributed by atoms with van der Waals surface area (Å²) in [6, 6.07) is 3.48. The third-order valence-electron chi connectivity index (χ3n) is 4.81. The van der Waals surface area contributed by atoms with Crippen molar-refractivity contribution in [2.75, 3.05) is 13.1 Å². The molecule has 0 bridgehead atoms. The minimum Gasteiger partial charge on any atom is -0.465 e. The number of carbonyl (C=O) groups excluding carboxylic acids is 2. The molecule has 27 heavy (non-hydrogen) atoms. The number of hydrogen-bond donors (Lipinski definition) is 2. The molecule has 2 amide bonds. The summed E-state index contributed by atoms with van der Waals surface area (Å²) in [5.41, 5.74) is 0. The van der Waals surface area contributed by atoms with E-state index in [9.17, 15) is 9.59 Å². The Kier molecular flexibility index (Phi) is 5.95. The Morgan fingerprint density at radius 2 is 2.15 bits per heavy atom. The number of nitrogens with zero attached hydrogens (tertiary/aromatic N) is 3. The Labute approximate surface area is 158 Å². The van der Waals surface area contributed by atoms with Gasteiger partial charge in [-0.1, -0.05) is 0 Å². The van der Waals surface area contributed by atoms with Crippen LogP contribution >= 0.6 is 0 Å². The Balaban J connectivity index is 1.63. The lowest BCUT2D eigenvalue weighted by molar-refractivity contribution is -0.126. The highest BCUT2D eigenvalue weighted by molar-refractivity contribution is 5.82. The quantitative estimate of drug-likeness (QED) is 0.755. The molecular weight excluding hydrogens is 346 g/mol. The zero-order valence-corrected chi connectivity index (χ0v) is 16.1. The number of aryl methyl sites for hydroxylation is 2. The van der Waals surface area contributed by atoms with Crippen LogP contribution in [0.1, 0.15) is 30.7 Å². The molecule has 8 heteroatoms. The summed E-state index contributed by atoms with van der Waals surface area (Å²) in [5.74, 6) is 2.38. The van der Waals surface area contributed by atoms with Crippen molar-refractivity contribution in [2.24, 2.45) is 0 Å². The monoisotopic (exact) mass is 373 g/mol. The van der Waals surface area contributed by atoms with Gasteiger partial charge in [-0.05, 0) is 39.3 Å². The molecule has 0 aromatic carbocycles. The van der Waals surface area contributed by atoms with E-state index in [-0.39, 0.29) is 30.4 Å². The van der Waals surface area contributed by atoms with E-state index in [0.717, 1.165) is 17.3 Å². The molecule has 0 aliphatic carbocycles. The van der Waals surface area contributed by atoms with Crippen LogP contribution in [0.25, 0.3) is 0 Å². The van der Waals surface area contributed by atoms with E-state index in [0.29, 0.717) is 26.1 Å². The molecule has 1 saturated heterocycles. The van der Waals surface area contributed by atoms with Crippen molar-refractivity contribution in [3.8, 4) is 0 Å². The number of imidazole rings is 1. The van der Waals surface area contributed by atoms with E-state index in [1.165, 1.54) is 0 Å². The summed E-state index contributed by atoms with van der Waals surface area (Å²) in [4.78, 5) is 31.1. The van der Waals surface area contributed by atoms with Crippen molar-refractivity contribution in [3.05, 3.63) is 41.9 Å². The van der Waals surface area contributed by atoms with Crippen molar-refractivity contribution in [2.45, 2.75) is 52.4 Å². The molecular formula is C19H27N5O3. The SMILES string of the molecule is CCNC(=O)[C@@H]1C[C@@H](NC(=O)Cn2ccnc2C)CN1Cc1ccc(C)o1. The van der Waals surface area contributed by atoms with E-state index >= 15 is 0 Å². The summed E-state index contributed by atoms with van der Waals surface area (Å²) >= 11 is 0. The van der Waals surface area contributed by atoms with Gasteiger partial charge in [-0.25, -0.2) is 4.98 Å². The molecule has 1 aliphatic rings. The van der Waals surface area contributed by atoms with Gasteiger partial charge in [0.05, 0.1) is 12.6 Å². The van der Waals surface area contributed by atoms with Crippen LogP contribution in [-0.4, -0.2) is 51.4 Å². The fourth-order valence-electron chi connectivity index (χ4n) is 3.52. The smallest absolute Gasteiger partial charge is 0.240 e. The van der Waals surface area contributed by atoms with Gasteiger partial charge in [-0.3, -0.25) is 14.5 Å². The van der Waals surface area contributed by atoms with Crippen molar-refractivity contribution in [1.82, 2.24) is 25.1 Å². The minimum absolute atomic E-state index is 0.0111. The number of nitrogens with one attached hydrogen (secondary N) is 2. The van der Waals surface area contributed by atoms with Gasteiger partial charge in [0.1, 0.15) is 23.9 Å². The van der Waals surface area contributed by atoms with E-state index in [4.69, 9.17) is 4.42 Å². The molecule has 1 aliphatic heterocycles. The first kappa shape index (κ1) is 19.2. The Morgan fingerprint density at radius 1 is 1.33 bits per heavy atom. The number of carbonyl (C=O) groups is 2. The molecule has 146 valence electrons. The van der Waals surface area contributed by atoms with Gasteiger partial charge in [0.25, 0.3) is 0 Å². The molecule has 0 saturated carbocycles. The topological polar surface area (TPSA) is 92.4 Å².